The van der Waals surface area contributed by atoms with E-state index in [1.54, 1.807) is 0 Å². The van der Waals surface area contributed by atoms with Crippen molar-refractivity contribution in [3.05, 3.63) is 29.8 Å². The van der Waals surface area contributed by atoms with Crippen LogP contribution in [0.5, 0.6) is 5.75 Å². The average Bonchev–Trinajstić information content (AvgIpc) is 2.74. The number of benzene rings is 1. The fourth-order valence-corrected chi connectivity index (χ4v) is 2.30. The zero-order valence-corrected chi connectivity index (χ0v) is 12.7. The minimum absolute atomic E-state index is 0.0310. The Balaban J connectivity index is 2.23. The van der Waals surface area contributed by atoms with Crippen LogP contribution in [0.3, 0.4) is 0 Å². The molecule has 1 aliphatic heterocycles. The molecule has 2 rings (SSSR count). The van der Waals surface area contributed by atoms with Crippen LogP contribution in [0.25, 0.3) is 0 Å². The zero-order chi connectivity index (χ0) is 16.5. The Morgan fingerprint density at radius 3 is 2.18 bits per heavy atom. The molecular formula is C15H19F3N2O2. The topological polar surface area (TPSA) is 41.6 Å². The standard InChI is InChI=1S/C15H19F3N2O2/c1-14(2,3)22-11-6-4-10(5-7-11)13(15(16,17)18)20-9-8-12(21)19-20/h4-7,13H,8-9H2,1-3H3,(H,19,21)/t13-/m0/s1. The Morgan fingerprint density at radius 2 is 1.77 bits per heavy atom. The van der Waals surface area contributed by atoms with Gasteiger partial charge < -0.3 is 4.74 Å². The lowest BCUT2D eigenvalue weighted by Crippen LogP contribution is -2.43. The van der Waals surface area contributed by atoms with Crippen LogP contribution in [0.2, 0.25) is 0 Å². The largest absolute Gasteiger partial charge is 0.488 e. The summed E-state index contributed by atoms with van der Waals surface area (Å²) in [4.78, 5) is 11.2. The van der Waals surface area contributed by atoms with E-state index in [9.17, 15) is 18.0 Å². The normalized spacial score (nSPS) is 18.2. The molecule has 1 aliphatic rings. The second kappa shape index (κ2) is 5.79. The molecule has 1 atom stereocenters. The summed E-state index contributed by atoms with van der Waals surface area (Å²) < 4.78 is 45.6. The molecule has 1 fully saturated rings. The van der Waals surface area contributed by atoms with E-state index < -0.39 is 23.7 Å². The van der Waals surface area contributed by atoms with Gasteiger partial charge >= 0.3 is 6.18 Å². The van der Waals surface area contributed by atoms with Gasteiger partial charge in [0.1, 0.15) is 17.4 Å². The summed E-state index contributed by atoms with van der Waals surface area (Å²) in [6.45, 7) is 5.61. The van der Waals surface area contributed by atoms with Crippen LogP contribution in [0.15, 0.2) is 24.3 Å². The summed E-state index contributed by atoms with van der Waals surface area (Å²) in [7, 11) is 0. The smallest absolute Gasteiger partial charge is 0.409 e. The van der Waals surface area contributed by atoms with Crippen LogP contribution in [0, 0.1) is 0 Å². The molecule has 22 heavy (non-hydrogen) atoms. The van der Waals surface area contributed by atoms with Crippen LogP contribution in [0.4, 0.5) is 13.2 Å². The Kier molecular flexibility index (Phi) is 4.37. The van der Waals surface area contributed by atoms with E-state index in [0.717, 1.165) is 5.01 Å². The van der Waals surface area contributed by atoms with Gasteiger partial charge in [-0.1, -0.05) is 12.1 Å². The number of hydrazine groups is 1. The minimum Gasteiger partial charge on any atom is -0.488 e. The molecule has 1 aromatic rings. The maximum absolute atomic E-state index is 13.3. The van der Waals surface area contributed by atoms with E-state index in [-0.39, 0.29) is 18.5 Å². The highest BCUT2D eigenvalue weighted by atomic mass is 19.4. The van der Waals surface area contributed by atoms with E-state index in [4.69, 9.17) is 4.74 Å². The summed E-state index contributed by atoms with van der Waals surface area (Å²) in [5.74, 6) is 0.101. The third-order valence-electron chi connectivity index (χ3n) is 3.09. The number of alkyl halides is 3. The molecule has 1 saturated heterocycles. The minimum atomic E-state index is -4.48. The molecule has 0 unspecified atom stereocenters. The maximum atomic E-state index is 13.3. The summed E-state index contributed by atoms with van der Waals surface area (Å²) in [6, 6.07) is 3.92. The maximum Gasteiger partial charge on any atom is 0.409 e. The van der Waals surface area contributed by atoms with E-state index >= 15 is 0 Å². The van der Waals surface area contributed by atoms with E-state index in [1.807, 2.05) is 20.8 Å². The van der Waals surface area contributed by atoms with E-state index in [1.165, 1.54) is 24.3 Å². The summed E-state index contributed by atoms with van der Waals surface area (Å²) >= 11 is 0. The first-order valence-electron chi connectivity index (χ1n) is 6.98. The second-order valence-electron chi connectivity index (χ2n) is 6.21. The fraction of sp³-hybridized carbons (Fsp3) is 0.533. The van der Waals surface area contributed by atoms with Crippen LogP contribution in [0.1, 0.15) is 38.8 Å². The molecular weight excluding hydrogens is 297 g/mol. The van der Waals surface area contributed by atoms with Crippen molar-refractivity contribution < 1.29 is 22.7 Å². The third kappa shape index (κ3) is 4.13. The molecule has 0 radical (unpaired) electrons. The van der Waals surface area contributed by atoms with Gasteiger partial charge in [0.2, 0.25) is 5.91 Å². The van der Waals surface area contributed by atoms with Crippen molar-refractivity contribution in [2.24, 2.45) is 0 Å². The van der Waals surface area contributed by atoms with Crippen LogP contribution in [-0.4, -0.2) is 29.2 Å². The Morgan fingerprint density at radius 1 is 1.18 bits per heavy atom. The molecule has 4 nitrogen and oxygen atoms in total. The van der Waals surface area contributed by atoms with Gasteiger partial charge in [0, 0.05) is 13.0 Å². The van der Waals surface area contributed by atoms with Crippen LogP contribution < -0.4 is 10.2 Å². The van der Waals surface area contributed by atoms with Crippen LogP contribution >= 0.6 is 0 Å². The predicted octanol–water partition coefficient (Wildman–Crippen LogP) is 3.20. The second-order valence-corrected chi connectivity index (χ2v) is 6.21. The van der Waals surface area contributed by atoms with E-state index in [2.05, 4.69) is 5.43 Å². The number of carbonyl (C=O) groups excluding carboxylic acids is 1. The molecule has 0 saturated carbocycles. The SMILES string of the molecule is CC(C)(C)Oc1ccc([C@H](N2CCC(=O)N2)C(F)(F)F)cc1. The number of nitrogens with zero attached hydrogens (tertiary/aromatic N) is 1. The first-order valence-corrected chi connectivity index (χ1v) is 6.98. The quantitative estimate of drug-likeness (QED) is 0.931. The van der Waals surface area contributed by atoms with Crippen molar-refractivity contribution in [2.75, 3.05) is 6.54 Å². The third-order valence-corrected chi connectivity index (χ3v) is 3.09. The highest BCUT2D eigenvalue weighted by Crippen LogP contribution is 2.38. The highest BCUT2D eigenvalue weighted by Gasteiger charge is 2.46. The molecule has 0 bridgehead atoms. The first-order chi connectivity index (χ1) is 10.1. The molecule has 1 aromatic carbocycles. The lowest BCUT2D eigenvalue weighted by molar-refractivity contribution is -0.191. The van der Waals surface area contributed by atoms with Gasteiger partial charge in [-0.25, -0.2) is 5.01 Å². The molecule has 1 heterocycles. The summed E-state index contributed by atoms with van der Waals surface area (Å²) in [6.07, 6.45) is -4.41. The lowest BCUT2D eigenvalue weighted by atomic mass is 10.1. The number of nitrogens with one attached hydrogen (secondary N) is 1. The number of carbonyl (C=O) groups is 1. The zero-order valence-electron chi connectivity index (χ0n) is 12.7. The van der Waals surface area contributed by atoms with Crippen molar-refractivity contribution in [3.8, 4) is 5.75 Å². The van der Waals surface area contributed by atoms with Crippen molar-refractivity contribution in [2.45, 2.75) is 45.0 Å². The van der Waals surface area contributed by atoms with Gasteiger partial charge in [-0.2, -0.15) is 13.2 Å². The first kappa shape index (κ1) is 16.6. The number of rotatable bonds is 3. The van der Waals surface area contributed by atoms with Gasteiger partial charge in [-0.15, -0.1) is 0 Å². The van der Waals surface area contributed by atoms with Gasteiger partial charge in [0.25, 0.3) is 0 Å². The summed E-state index contributed by atoms with van der Waals surface area (Å²) in [5, 5.41) is 0.932. The van der Waals surface area contributed by atoms with Gasteiger partial charge in [-0.05, 0) is 38.5 Å². The molecule has 0 spiro atoms. The Labute approximate surface area is 127 Å². The number of amides is 1. The predicted molar refractivity (Wildman–Crippen MR) is 75.1 cm³/mol. The van der Waals surface area contributed by atoms with E-state index in [0.29, 0.717) is 5.75 Å². The molecule has 0 aromatic heterocycles. The van der Waals surface area contributed by atoms with Crippen LogP contribution in [-0.2, 0) is 4.79 Å². The van der Waals surface area contributed by atoms with Crippen molar-refractivity contribution >= 4 is 5.91 Å². The van der Waals surface area contributed by atoms with Gasteiger partial charge in [0.05, 0.1) is 0 Å². The monoisotopic (exact) mass is 316 g/mol. The number of hydrogen-bond donors (Lipinski definition) is 1. The Bertz CT molecular complexity index is 535. The number of halogens is 3. The van der Waals surface area contributed by atoms with Gasteiger partial charge in [-0.3, -0.25) is 10.2 Å². The Hall–Kier alpha value is -1.76. The van der Waals surface area contributed by atoms with Gasteiger partial charge in [0.15, 0.2) is 0 Å². The molecule has 7 heteroatoms. The average molecular weight is 316 g/mol. The number of ether oxygens (including phenoxy) is 1. The molecule has 122 valence electrons. The van der Waals surface area contributed by atoms with Crippen molar-refractivity contribution in [1.29, 1.82) is 0 Å². The van der Waals surface area contributed by atoms with Crippen molar-refractivity contribution in [3.63, 3.8) is 0 Å². The van der Waals surface area contributed by atoms with Crippen molar-refractivity contribution in [1.82, 2.24) is 10.4 Å². The molecule has 0 aliphatic carbocycles. The lowest BCUT2D eigenvalue weighted by Gasteiger charge is -2.29. The summed E-state index contributed by atoms with van der Waals surface area (Å²) in [5.41, 5.74) is 1.90. The highest BCUT2D eigenvalue weighted by molar-refractivity contribution is 5.77. The fourth-order valence-electron chi connectivity index (χ4n) is 2.30. The number of hydrogen-bond acceptors (Lipinski definition) is 3. The molecule has 1 N–H and O–H groups in total. The molecule has 1 amide bonds.